The third kappa shape index (κ3) is 5.39. The summed E-state index contributed by atoms with van der Waals surface area (Å²) in [7, 11) is 0. The van der Waals surface area contributed by atoms with Crippen LogP contribution in [0.2, 0.25) is 0 Å². The number of aromatic nitrogens is 1. The largest absolute Gasteiger partial charge is 0.455 e. The van der Waals surface area contributed by atoms with Gasteiger partial charge < -0.3 is 4.74 Å². The summed E-state index contributed by atoms with van der Waals surface area (Å²) in [5.74, 6) is -1.28. The summed E-state index contributed by atoms with van der Waals surface area (Å²) in [5.41, 5.74) is -2.27. The number of esters is 1. The van der Waals surface area contributed by atoms with Gasteiger partial charge in [0.05, 0.1) is 6.42 Å². The summed E-state index contributed by atoms with van der Waals surface area (Å²) in [6.45, 7) is 4.97. The van der Waals surface area contributed by atoms with E-state index in [1.807, 2.05) is 0 Å². The van der Waals surface area contributed by atoms with E-state index in [-0.39, 0.29) is 18.7 Å². The number of hydrogen-bond donors (Lipinski definition) is 0. The van der Waals surface area contributed by atoms with E-state index < -0.39 is 22.0 Å². The Labute approximate surface area is 163 Å². The topological polar surface area (TPSA) is 91.4 Å². The highest BCUT2D eigenvalue weighted by Gasteiger charge is 2.52. The molecule has 148 valence electrons. The summed E-state index contributed by atoms with van der Waals surface area (Å²) >= 11 is 0. The lowest BCUT2D eigenvalue weighted by atomic mass is 9.87. The van der Waals surface area contributed by atoms with Gasteiger partial charge in [-0.1, -0.05) is 36.4 Å². The van der Waals surface area contributed by atoms with Gasteiger partial charge in [-0.05, 0) is 38.5 Å². The van der Waals surface area contributed by atoms with Crippen LogP contribution in [0.3, 0.4) is 0 Å². The van der Waals surface area contributed by atoms with Crippen molar-refractivity contribution < 1.29 is 19.2 Å². The standard InChI is InChI=1S/C21H24N2O5/c1-20(2,3)28-19(25)21(23(26)27,16-17-10-5-4-6-11-17)13-9-12-18(24)22-14-7-8-15-22/h4-12,14-15H,13,16H2,1-3H3/b12-9+/t21-/m1/s1. The van der Waals surface area contributed by atoms with Crippen molar-refractivity contribution >= 4 is 11.9 Å². The molecule has 0 spiro atoms. The van der Waals surface area contributed by atoms with E-state index in [0.717, 1.165) is 0 Å². The monoisotopic (exact) mass is 384 g/mol. The summed E-state index contributed by atoms with van der Waals surface area (Å²) < 4.78 is 6.70. The van der Waals surface area contributed by atoms with Crippen molar-refractivity contribution in [1.82, 2.24) is 4.57 Å². The molecule has 7 heteroatoms. The number of benzene rings is 1. The average Bonchev–Trinajstić information content (AvgIpc) is 3.14. The maximum absolute atomic E-state index is 12.8. The molecule has 0 saturated heterocycles. The van der Waals surface area contributed by atoms with Crippen LogP contribution in [0.5, 0.6) is 0 Å². The van der Waals surface area contributed by atoms with Crippen molar-refractivity contribution in [2.24, 2.45) is 0 Å². The van der Waals surface area contributed by atoms with Gasteiger partial charge in [0.1, 0.15) is 5.60 Å². The van der Waals surface area contributed by atoms with Crippen LogP contribution >= 0.6 is 0 Å². The zero-order valence-corrected chi connectivity index (χ0v) is 16.2. The molecular weight excluding hydrogens is 360 g/mol. The van der Waals surface area contributed by atoms with Gasteiger partial charge in [0.25, 0.3) is 5.91 Å². The summed E-state index contributed by atoms with van der Waals surface area (Å²) in [6, 6.07) is 12.1. The van der Waals surface area contributed by atoms with Crippen molar-refractivity contribution in [1.29, 1.82) is 0 Å². The number of nitro groups is 1. The number of nitrogens with zero attached hydrogens (tertiary/aromatic N) is 2. The van der Waals surface area contributed by atoms with Crippen LogP contribution < -0.4 is 0 Å². The van der Waals surface area contributed by atoms with Crippen molar-refractivity contribution in [2.45, 2.75) is 44.8 Å². The predicted octanol–water partition coefficient (Wildman–Crippen LogP) is 3.67. The minimum atomic E-state index is -2.03. The molecule has 0 aliphatic heterocycles. The van der Waals surface area contributed by atoms with Gasteiger partial charge in [0.2, 0.25) is 0 Å². The molecule has 0 unspecified atom stereocenters. The van der Waals surface area contributed by atoms with Gasteiger partial charge in [-0.15, -0.1) is 0 Å². The lowest BCUT2D eigenvalue weighted by Crippen LogP contribution is -2.51. The Morgan fingerprint density at radius 2 is 1.71 bits per heavy atom. The maximum atomic E-state index is 12.8. The first-order chi connectivity index (χ1) is 13.1. The molecule has 0 bridgehead atoms. The van der Waals surface area contributed by atoms with Crippen LogP contribution in [-0.4, -0.2) is 32.5 Å². The van der Waals surface area contributed by atoms with Gasteiger partial charge in [-0.25, -0.2) is 4.79 Å². The summed E-state index contributed by atoms with van der Waals surface area (Å²) in [5, 5.41) is 12.0. The van der Waals surface area contributed by atoms with Crippen LogP contribution in [0.25, 0.3) is 0 Å². The SMILES string of the molecule is CC(C)(C)OC(=O)[C@@](C/C=C/C(=O)n1cccc1)(Cc1ccccc1)[N+](=O)[O-]. The fourth-order valence-electron chi connectivity index (χ4n) is 2.67. The minimum Gasteiger partial charge on any atom is -0.455 e. The molecule has 7 nitrogen and oxygen atoms in total. The van der Waals surface area contributed by atoms with Crippen molar-refractivity contribution in [2.75, 3.05) is 0 Å². The molecule has 1 aromatic carbocycles. The van der Waals surface area contributed by atoms with E-state index in [0.29, 0.717) is 5.56 Å². The normalized spacial score (nSPS) is 13.8. The molecule has 28 heavy (non-hydrogen) atoms. The van der Waals surface area contributed by atoms with E-state index >= 15 is 0 Å². The van der Waals surface area contributed by atoms with Crippen LogP contribution in [0.15, 0.2) is 67.0 Å². The van der Waals surface area contributed by atoms with E-state index in [4.69, 9.17) is 4.74 Å². The van der Waals surface area contributed by atoms with Crippen molar-refractivity contribution in [3.8, 4) is 0 Å². The highest BCUT2D eigenvalue weighted by Crippen LogP contribution is 2.26. The second kappa shape index (κ2) is 8.65. The molecule has 2 aromatic rings. The van der Waals surface area contributed by atoms with Gasteiger partial charge in [-0.2, -0.15) is 0 Å². The van der Waals surface area contributed by atoms with E-state index in [2.05, 4.69) is 0 Å². The third-order valence-electron chi connectivity index (χ3n) is 4.04. The van der Waals surface area contributed by atoms with Crippen LogP contribution in [-0.2, 0) is 16.0 Å². The smallest absolute Gasteiger partial charge is 0.386 e. The Hall–Kier alpha value is -3.22. The molecule has 1 atom stereocenters. The fourth-order valence-corrected chi connectivity index (χ4v) is 2.67. The molecule has 0 amide bonds. The lowest BCUT2D eigenvalue weighted by molar-refractivity contribution is -0.555. The Morgan fingerprint density at radius 3 is 2.25 bits per heavy atom. The van der Waals surface area contributed by atoms with E-state index in [1.54, 1.807) is 75.6 Å². The highest BCUT2D eigenvalue weighted by atomic mass is 16.6. The first kappa shape index (κ1) is 21.1. The zero-order chi connectivity index (χ0) is 20.8. The zero-order valence-electron chi connectivity index (χ0n) is 16.2. The van der Waals surface area contributed by atoms with Gasteiger partial charge in [-0.3, -0.25) is 19.5 Å². The number of carbonyl (C=O) groups is 2. The number of rotatable bonds is 7. The molecule has 0 aliphatic rings. The molecule has 0 radical (unpaired) electrons. The molecular formula is C21H24N2O5. The first-order valence-corrected chi connectivity index (χ1v) is 8.90. The molecule has 2 rings (SSSR count). The fraction of sp³-hybridized carbons (Fsp3) is 0.333. The number of ether oxygens (including phenoxy) is 1. The van der Waals surface area contributed by atoms with Gasteiger partial charge in [0.15, 0.2) is 0 Å². The Kier molecular flexibility index (Phi) is 6.51. The average molecular weight is 384 g/mol. The number of allylic oxidation sites excluding steroid dienone is 1. The number of hydrogen-bond acceptors (Lipinski definition) is 5. The summed E-state index contributed by atoms with van der Waals surface area (Å²) in [6.07, 6.45) is 5.33. The maximum Gasteiger partial charge on any atom is 0.386 e. The lowest BCUT2D eigenvalue weighted by Gasteiger charge is -2.27. The molecule has 0 fully saturated rings. The molecule has 1 aromatic heterocycles. The Balaban J connectivity index is 2.33. The molecule has 0 saturated carbocycles. The van der Waals surface area contributed by atoms with Crippen molar-refractivity contribution in [3.05, 3.63) is 82.7 Å². The van der Waals surface area contributed by atoms with Crippen molar-refractivity contribution in [3.63, 3.8) is 0 Å². The highest BCUT2D eigenvalue weighted by molar-refractivity contribution is 5.90. The quantitative estimate of drug-likeness (QED) is 0.314. The van der Waals surface area contributed by atoms with Gasteiger partial charge in [0, 0.05) is 29.8 Å². The van der Waals surface area contributed by atoms with E-state index in [1.165, 1.54) is 16.7 Å². The first-order valence-electron chi connectivity index (χ1n) is 8.90. The predicted molar refractivity (Wildman–Crippen MR) is 105 cm³/mol. The minimum absolute atomic E-state index is 0.141. The molecule has 1 heterocycles. The number of carbonyl (C=O) groups excluding carboxylic acids is 2. The molecule has 0 aliphatic carbocycles. The van der Waals surface area contributed by atoms with E-state index in [9.17, 15) is 19.7 Å². The van der Waals surface area contributed by atoms with Crippen LogP contribution in [0, 0.1) is 10.1 Å². The van der Waals surface area contributed by atoms with Gasteiger partial charge >= 0.3 is 11.5 Å². The van der Waals surface area contributed by atoms with Crippen LogP contribution in [0.1, 0.15) is 37.6 Å². The summed E-state index contributed by atoms with van der Waals surface area (Å²) in [4.78, 5) is 36.4. The third-order valence-corrected chi connectivity index (χ3v) is 4.04. The van der Waals surface area contributed by atoms with Crippen LogP contribution in [0.4, 0.5) is 0 Å². The molecule has 0 N–H and O–H groups in total. The Bertz CT molecular complexity index is 851. The second-order valence-electron chi connectivity index (χ2n) is 7.49. The second-order valence-corrected chi connectivity index (χ2v) is 7.49. The Morgan fingerprint density at radius 1 is 1.11 bits per heavy atom.